The summed E-state index contributed by atoms with van der Waals surface area (Å²) in [5.41, 5.74) is 4.76. The fraction of sp³-hybridized carbons (Fsp3) is 0.316. The van der Waals surface area contributed by atoms with E-state index in [1.807, 2.05) is 6.07 Å². The summed E-state index contributed by atoms with van der Waals surface area (Å²) in [7, 11) is 0. The molecule has 0 aliphatic heterocycles. The summed E-state index contributed by atoms with van der Waals surface area (Å²) in [5.74, 6) is -0.163. The molecule has 0 aromatic heterocycles. The first-order valence-electron chi connectivity index (χ1n) is 8.18. The monoisotopic (exact) mass is 324 g/mol. The van der Waals surface area contributed by atoms with E-state index < -0.39 is 4.92 Å². The quantitative estimate of drug-likeness (QED) is 0.683. The van der Waals surface area contributed by atoms with Gasteiger partial charge in [-0.15, -0.1) is 0 Å². The van der Waals surface area contributed by atoms with Crippen LogP contribution in [0.4, 0.5) is 11.4 Å². The molecule has 1 amide bonds. The molecule has 0 unspecified atom stereocenters. The van der Waals surface area contributed by atoms with Crippen molar-refractivity contribution < 1.29 is 9.72 Å². The molecule has 1 N–H and O–H groups in total. The van der Waals surface area contributed by atoms with E-state index in [-0.39, 0.29) is 18.0 Å². The predicted octanol–water partition coefficient (Wildman–Crippen LogP) is 3.96. The average molecular weight is 324 g/mol. The van der Waals surface area contributed by atoms with Crippen LogP contribution in [0.25, 0.3) is 0 Å². The molecule has 0 saturated carbocycles. The summed E-state index contributed by atoms with van der Waals surface area (Å²) in [4.78, 5) is 22.8. The first kappa shape index (κ1) is 16.2. The number of fused-ring (bicyclic) bond motifs is 1. The molecule has 0 bridgehead atoms. The third-order valence-electron chi connectivity index (χ3n) is 4.47. The highest BCUT2D eigenvalue weighted by atomic mass is 16.6. The molecule has 2 aromatic rings. The van der Waals surface area contributed by atoms with Crippen LogP contribution in [0.15, 0.2) is 36.4 Å². The number of anilines is 1. The lowest BCUT2D eigenvalue weighted by Crippen LogP contribution is -2.15. The highest BCUT2D eigenvalue weighted by molar-refractivity contribution is 5.92. The number of benzene rings is 2. The molecular formula is C19H20N2O3. The molecule has 2 aromatic carbocycles. The minimum absolute atomic E-state index is 0.0154. The zero-order chi connectivity index (χ0) is 17.1. The SMILES string of the molecule is Cc1ccc(NC(=O)Cc2ccc3c(c2)CCCC3)cc1[N+](=O)[O-]. The number of nitro groups is 1. The Morgan fingerprint density at radius 1 is 1.12 bits per heavy atom. The minimum atomic E-state index is -0.436. The molecule has 5 heteroatoms. The number of hydrogen-bond acceptors (Lipinski definition) is 3. The Kier molecular flexibility index (Phi) is 4.60. The minimum Gasteiger partial charge on any atom is -0.326 e. The predicted molar refractivity (Wildman–Crippen MR) is 93.3 cm³/mol. The van der Waals surface area contributed by atoms with Gasteiger partial charge in [-0.2, -0.15) is 0 Å². The third-order valence-corrected chi connectivity index (χ3v) is 4.47. The van der Waals surface area contributed by atoms with Crippen LogP contribution in [0.1, 0.15) is 35.1 Å². The van der Waals surface area contributed by atoms with Crippen LogP contribution in [-0.2, 0) is 24.1 Å². The Morgan fingerprint density at radius 3 is 2.62 bits per heavy atom. The number of nitrogens with zero attached hydrogens (tertiary/aromatic N) is 1. The number of rotatable bonds is 4. The van der Waals surface area contributed by atoms with E-state index >= 15 is 0 Å². The Bertz CT molecular complexity index is 799. The zero-order valence-electron chi connectivity index (χ0n) is 13.7. The molecule has 0 atom stereocenters. The second kappa shape index (κ2) is 6.83. The largest absolute Gasteiger partial charge is 0.326 e. The standard InChI is InChI=1S/C19H20N2O3/c1-13-6-9-17(12-18(13)21(23)24)20-19(22)11-14-7-8-15-4-2-3-5-16(15)10-14/h6-10,12H,2-5,11H2,1H3,(H,20,22). The Labute approximate surface area is 140 Å². The average Bonchev–Trinajstić information content (AvgIpc) is 2.56. The van der Waals surface area contributed by atoms with Crippen molar-refractivity contribution in [1.29, 1.82) is 0 Å². The summed E-state index contributed by atoms with van der Waals surface area (Å²) in [6.45, 7) is 1.68. The van der Waals surface area contributed by atoms with Gasteiger partial charge >= 0.3 is 0 Å². The number of aryl methyl sites for hydroxylation is 3. The van der Waals surface area contributed by atoms with Crippen LogP contribution >= 0.6 is 0 Å². The maximum Gasteiger partial charge on any atom is 0.274 e. The molecule has 0 spiro atoms. The molecule has 0 radical (unpaired) electrons. The van der Waals surface area contributed by atoms with Crippen molar-refractivity contribution in [3.63, 3.8) is 0 Å². The summed E-state index contributed by atoms with van der Waals surface area (Å²) in [6, 6.07) is 11.0. The smallest absolute Gasteiger partial charge is 0.274 e. The molecule has 124 valence electrons. The van der Waals surface area contributed by atoms with Crippen molar-refractivity contribution in [1.82, 2.24) is 0 Å². The van der Waals surface area contributed by atoms with Crippen molar-refractivity contribution >= 4 is 17.3 Å². The maximum absolute atomic E-state index is 12.2. The molecule has 0 heterocycles. The molecule has 0 saturated heterocycles. The van der Waals surface area contributed by atoms with Gasteiger partial charge in [0.15, 0.2) is 0 Å². The van der Waals surface area contributed by atoms with Gasteiger partial charge in [-0.05, 0) is 55.4 Å². The van der Waals surface area contributed by atoms with E-state index in [1.54, 1.807) is 19.1 Å². The zero-order valence-corrected chi connectivity index (χ0v) is 13.7. The van der Waals surface area contributed by atoms with Gasteiger partial charge < -0.3 is 5.32 Å². The van der Waals surface area contributed by atoms with Gasteiger partial charge in [0.1, 0.15) is 0 Å². The van der Waals surface area contributed by atoms with Crippen LogP contribution < -0.4 is 5.32 Å². The molecule has 3 rings (SSSR count). The lowest BCUT2D eigenvalue weighted by atomic mass is 9.90. The van der Waals surface area contributed by atoms with E-state index in [0.29, 0.717) is 11.3 Å². The fourth-order valence-electron chi connectivity index (χ4n) is 3.17. The summed E-state index contributed by atoms with van der Waals surface area (Å²) >= 11 is 0. The number of amides is 1. The van der Waals surface area contributed by atoms with Gasteiger partial charge in [-0.25, -0.2) is 0 Å². The van der Waals surface area contributed by atoms with E-state index in [9.17, 15) is 14.9 Å². The van der Waals surface area contributed by atoms with E-state index in [2.05, 4.69) is 17.4 Å². The number of carbonyl (C=O) groups excluding carboxylic acids is 1. The van der Waals surface area contributed by atoms with Gasteiger partial charge in [0.05, 0.1) is 11.3 Å². The van der Waals surface area contributed by atoms with Crippen molar-refractivity contribution in [2.45, 2.75) is 39.0 Å². The maximum atomic E-state index is 12.2. The van der Waals surface area contributed by atoms with Crippen LogP contribution in [-0.4, -0.2) is 10.8 Å². The van der Waals surface area contributed by atoms with Crippen LogP contribution in [0, 0.1) is 17.0 Å². The second-order valence-corrected chi connectivity index (χ2v) is 6.29. The highest BCUT2D eigenvalue weighted by Gasteiger charge is 2.14. The van der Waals surface area contributed by atoms with Crippen LogP contribution in [0.3, 0.4) is 0 Å². The first-order valence-corrected chi connectivity index (χ1v) is 8.18. The molecule has 0 fully saturated rings. The van der Waals surface area contributed by atoms with Gasteiger partial charge in [0, 0.05) is 17.3 Å². The van der Waals surface area contributed by atoms with Crippen LogP contribution in [0.5, 0.6) is 0 Å². The first-order chi connectivity index (χ1) is 11.5. The summed E-state index contributed by atoms with van der Waals surface area (Å²) < 4.78 is 0. The molecule has 5 nitrogen and oxygen atoms in total. The number of nitro benzene ring substituents is 1. The second-order valence-electron chi connectivity index (χ2n) is 6.29. The highest BCUT2D eigenvalue weighted by Crippen LogP contribution is 2.24. The number of carbonyl (C=O) groups is 1. The fourth-order valence-corrected chi connectivity index (χ4v) is 3.17. The molecule has 24 heavy (non-hydrogen) atoms. The number of nitrogens with one attached hydrogen (secondary N) is 1. The summed E-state index contributed by atoms with van der Waals surface area (Å²) in [5, 5.41) is 13.7. The lowest BCUT2D eigenvalue weighted by Gasteiger charge is -2.16. The third kappa shape index (κ3) is 3.62. The Balaban J connectivity index is 1.70. The topological polar surface area (TPSA) is 72.2 Å². The van der Waals surface area contributed by atoms with Gasteiger partial charge in [-0.3, -0.25) is 14.9 Å². The summed E-state index contributed by atoms with van der Waals surface area (Å²) in [6.07, 6.45) is 4.91. The van der Waals surface area contributed by atoms with Crippen molar-refractivity contribution in [3.8, 4) is 0 Å². The van der Waals surface area contributed by atoms with E-state index in [4.69, 9.17) is 0 Å². The molecular weight excluding hydrogens is 304 g/mol. The van der Waals surface area contributed by atoms with Gasteiger partial charge in [0.2, 0.25) is 5.91 Å². The van der Waals surface area contributed by atoms with Gasteiger partial charge in [-0.1, -0.05) is 24.3 Å². The van der Waals surface area contributed by atoms with Crippen LogP contribution in [0.2, 0.25) is 0 Å². The number of hydrogen-bond donors (Lipinski definition) is 1. The van der Waals surface area contributed by atoms with Gasteiger partial charge in [0.25, 0.3) is 5.69 Å². The Morgan fingerprint density at radius 2 is 1.88 bits per heavy atom. The van der Waals surface area contributed by atoms with Crippen molar-refractivity contribution in [2.75, 3.05) is 5.32 Å². The van der Waals surface area contributed by atoms with E-state index in [0.717, 1.165) is 18.4 Å². The van der Waals surface area contributed by atoms with Crippen molar-refractivity contribution in [2.24, 2.45) is 0 Å². The van der Waals surface area contributed by atoms with E-state index in [1.165, 1.54) is 30.0 Å². The van der Waals surface area contributed by atoms with Crippen molar-refractivity contribution in [3.05, 3.63) is 68.8 Å². The normalized spacial score (nSPS) is 13.2. The molecule has 1 aliphatic rings. The molecule has 1 aliphatic carbocycles. The Hall–Kier alpha value is -2.69. The lowest BCUT2D eigenvalue weighted by molar-refractivity contribution is -0.385.